The van der Waals surface area contributed by atoms with Gasteiger partial charge in [0.2, 0.25) is 5.91 Å². The molecule has 0 aromatic heterocycles. The van der Waals surface area contributed by atoms with Crippen LogP contribution in [0, 0.1) is 5.82 Å². The number of hydrogen-bond donors (Lipinski definition) is 0. The first-order chi connectivity index (χ1) is 9.08. The van der Waals surface area contributed by atoms with Gasteiger partial charge in [0.05, 0.1) is 19.3 Å². The van der Waals surface area contributed by atoms with Crippen LogP contribution in [0.3, 0.4) is 0 Å². The van der Waals surface area contributed by atoms with Crippen LogP contribution in [-0.2, 0) is 9.53 Å². The minimum absolute atomic E-state index is 0.100. The predicted octanol–water partition coefficient (Wildman–Crippen LogP) is 2.57. The highest BCUT2D eigenvalue weighted by atomic mass is 19.1. The minimum atomic E-state index is -0.246. The molecule has 0 spiro atoms. The van der Waals surface area contributed by atoms with Gasteiger partial charge < -0.3 is 9.64 Å². The van der Waals surface area contributed by atoms with Crippen molar-refractivity contribution in [1.29, 1.82) is 0 Å². The summed E-state index contributed by atoms with van der Waals surface area (Å²) in [5.74, 6) is -0.000141. The SMILES string of the molecule is CC(CC(=O)N1CCOCC1C)c1ccc(F)cc1. The van der Waals surface area contributed by atoms with Gasteiger partial charge in [-0.1, -0.05) is 19.1 Å². The van der Waals surface area contributed by atoms with Crippen LogP contribution in [0.15, 0.2) is 24.3 Å². The number of carbonyl (C=O) groups excluding carboxylic acids is 1. The molecule has 1 heterocycles. The molecule has 1 aliphatic heterocycles. The Morgan fingerprint density at radius 1 is 1.47 bits per heavy atom. The average Bonchev–Trinajstić information content (AvgIpc) is 2.39. The lowest BCUT2D eigenvalue weighted by molar-refractivity contribution is -0.139. The van der Waals surface area contributed by atoms with Crippen molar-refractivity contribution in [1.82, 2.24) is 4.90 Å². The maximum atomic E-state index is 12.9. The molecule has 2 rings (SSSR count). The van der Waals surface area contributed by atoms with E-state index in [4.69, 9.17) is 4.74 Å². The number of morpholine rings is 1. The van der Waals surface area contributed by atoms with Crippen LogP contribution in [0.1, 0.15) is 31.7 Å². The summed E-state index contributed by atoms with van der Waals surface area (Å²) in [7, 11) is 0. The van der Waals surface area contributed by atoms with Crippen LogP contribution in [0.4, 0.5) is 4.39 Å². The van der Waals surface area contributed by atoms with E-state index in [9.17, 15) is 9.18 Å². The van der Waals surface area contributed by atoms with Crippen molar-refractivity contribution in [3.05, 3.63) is 35.6 Å². The molecular weight excluding hydrogens is 245 g/mol. The highest BCUT2D eigenvalue weighted by Gasteiger charge is 2.25. The number of rotatable bonds is 3. The Bertz CT molecular complexity index is 432. The maximum Gasteiger partial charge on any atom is 0.223 e. The van der Waals surface area contributed by atoms with E-state index in [1.807, 2.05) is 18.7 Å². The monoisotopic (exact) mass is 265 g/mol. The number of nitrogens with zero attached hydrogens (tertiary/aromatic N) is 1. The molecule has 0 bridgehead atoms. The Hall–Kier alpha value is -1.42. The quantitative estimate of drug-likeness (QED) is 0.840. The molecule has 104 valence electrons. The van der Waals surface area contributed by atoms with Gasteiger partial charge in [0.25, 0.3) is 0 Å². The van der Waals surface area contributed by atoms with E-state index < -0.39 is 0 Å². The summed E-state index contributed by atoms with van der Waals surface area (Å²) in [5.41, 5.74) is 0.996. The summed E-state index contributed by atoms with van der Waals surface area (Å²) < 4.78 is 18.2. The van der Waals surface area contributed by atoms with E-state index in [1.165, 1.54) is 12.1 Å². The van der Waals surface area contributed by atoms with Crippen LogP contribution in [0.5, 0.6) is 0 Å². The first-order valence-electron chi connectivity index (χ1n) is 6.70. The zero-order valence-electron chi connectivity index (χ0n) is 11.4. The Balaban J connectivity index is 1.96. The molecule has 1 fully saturated rings. The molecule has 1 saturated heterocycles. The molecule has 2 atom stereocenters. The number of hydrogen-bond acceptors (Lipinski definition) is 2. The van der Waals surface area contributed by atoms with E-state index in [0.717, 1.165) is 5.56 Å². The third kappa shape index (κ3) is 3.53. The molecule has 19 heavy (non-hydrogen) atoms. The molecule has 1 aliphatic rings. The fourth-order valence-corrected chi connectivity index (χ4v) is 2.39. The van der Waals surface area contributed by atoms with Crippen molar-refractivity contribution in [3.63, 3.8) is 0 Å². The topological polar surface area (TPSA) is 29.5 Å². The molecule has 4 heteroatoms. The Labute approximate surface area is 113 Å². The third-order valence-electron chi connectivity index (χ3n) is 3.61. The van der Waals surface area contributed by atoms with Gasteiger partial charge in [-0.3, -0.25) is 4.79 Å². The summed E-state index contributed by atoms with van der Waals surface area (Å²) in [4.78, 5) is 14.1. The largest absolute Gasteiger partial charge is 0.377 e. The second-order valence-corrected chi connectivity index (χ2v) is 5.17. The number of amides is 1. The number of ether oxygens (including phenoxy) is 1. The molecule has 0 radical (unpaired) electrons. The Morgan fingerprint density at radius 2 is 2.16 bits per heavy atom. The highest BCUT2D eigenvalue weighted by molar-refractivity contribution is 5.77. The van der Waals surface area contributed by atoms with Crippen LogP contribution in [0.2, 0.25) is 0 Å². The molecule has 2 unspecified atom stereocenters. The standard InChI is InChI=1S/C15H20FNO2/c1-11(13-3-5-14(16)6-4-13)9-15(18)17-7-8-19-10-12(17)2/h3-6,11-12H,7-10H2,1-2H3. The number of carbonyl (C=O) groups is 1. The fourth-order valence-electron chi connectivity index (χ4n) is 2.39. The van der Waals surface area contributed by atoms with E-state index in [1.54, 1.807) is 12.1 Å². The smallest absolute Gasteiger partial charge is 0.223 e. The zero-order valence-corrected chi connectivity index (χ0v) is 11.4. The van der Waals surface area contributed by atoms with Gasteiger partial charge in [0.1, 0.15) is 5.82 Å². The Morgan fingerprint density at radius 3 is 2.79 bits per heavy atom. The minimum Gasteiger partial charge on any atom is -0.377 e. The van der Waals surface area contributed by atoms with Crippen molar-refractivity contribution >= 4 is 5.91 Å². The lowest BCUT2D eigenvalue weighted by Crippen LogP contribution is -2.47. The molecule has 0 saturated carbocycles. The van der Waals surface area contributed by atoms with Crippen LogP contribution < -0.4 is 0 Å². The zero-order chi connectivity index (χ0) is 13.8. The fraction of sp³-hybridized carbons (Fsp3) is 0.533. The second kappa shape index (κ2) is 6.15. The van der Waals surface area contributed by atoms with Gasteiger partial charge in [-0.15, -0.1) is 0 Å². The summed E-state index contributed by atoms with van der Waals surface area (Å²) in [6.45, 7) is 5.88. The van der Waals surface area contributed by atoms with Crippen LogP contribution >= 0.6 is 0 Å². The van der Waals surface area contributed by atoms with Gasteiger partial charge in [-0.25, -0.2) is 4.39 Å². The Kier molecular flexibility index (Phi) is 4.53. The molecule has 1 aromatic carbocycles. The van der Waals surface area contributed by atoms with E-state index >= 15 is 0 Å². The molecule has 0 N–H and O–H groups in total. The molecule has 1 aromatic rings. The van der Waals surface area contributed by atoms with Crippen molar-refractivity contribution in [2.24, 2.45) is 0 Å². The number of halogens is 1. The normalized spacial score (nSPS) is 21.2. The molecule has 1 amide bonds. The summed E-state index contributed by atoms with van der Waals surface area (Å²) >= 11 is 0. The van der Waals surface area contributed by atoms with Crippen molar-refractivity contribution < 1.29 is 13.9 Å². The van der Waals surface area contributed by atoms with Gasteiger partial charge in [-0.05, 0) is 30.5 Å². The maximum absolute atomic E-state index is 12.9. The summed E-state index contributed by atoms with van der Waals surface area (Å²) in [5, 5.41) is 0. The lowest BCUT2D eigenvalue weighted by atomic mass is 9.97. The molecular formula is C15H20FNO2. The predicted molar refractivity (Wildman–Crippen MR) is 71.4 cm³/mol. The third-order valence-corrected chi connectivity index (χ3v) is 3.61. The summed E-state index contributed by atoms with van der Waals surface area (Å²) in [6.07, 6.45) is 0.454. The first kappa shape index (κ1) is 14.0. The molecule has 3 nitrogen and oxygen atoms in total. The average molecular weight is 265 g/mol. The van der Waals surface area contributed by atoms with Gasteiger partial charge in [0, 0.05) is 13.0 Å². The van der Waals surface area contributed by atoms with Gasteiger partial charge in [0.15, 0.2) is 0 Å². The van der Waals surface area contributed by atoms with Crippen molar-refractivity contribution in [2.75, 3.05) is 19.8 Å². The van der Waals surface area contributed by atoms with Crippen molar-refractivity contribution in [3.8, 4) is 0 Å². The lowest BCUT2D eigenvalue weighted by Gasteiger charge is -2.34. The van der Waals surface area contributed by atoms with Crippen molar-refractivity contribution in [2.45, 2.75) is 32.2 Å². The number of benzene rings is 1. The second-order valence-electron chi connectivity index (χ2n) is 5.17. The van der Waals surface area contributed by atoms with Crippen LogP contribution in [0.25, 0.3) is 0 Å². The van der Waals surface area contributed by atoms with E-state index in [2.05, 4.69) is 0 Å². The van der Waals surface area contributed by atoms with E-state index in [-0.39, 0.29) is 23.7 Å². The van der Waals surface area contributed by atoms with Gasteiger partial charge >= 0.3 is 0 Å². The van der Waals surface area contributed by atoms with E-state index in [0.29, 0.717) is 26.2 Å². The van der Waals surface area contributed by atoms with Gasteiger partial charge in [-0.2, -0.15) is 0 Å². The highest BCUT2D eigenvalue weighted by Crippen LogP contribution is 2.21. The summed E-state index contributed by atoms with van der Waals surface area (Å²) in [6, 6.07) is 6.51. The first-order valence-corrected chi connectivity index (χ1v) is 6.70. The molecule has 0 aliphatic carbocycles. The van der Waals surface area contributed by atoms with Crippen LogP contribution in [-0.4, -0.2) is 36.6 Å².